The number of hydrogen-bond donors (Lipinski definition) is 1. The van der Waals surface area contributed by atoms with Crippen LogP contribution in [0, 0.1) is 18.3 Å². The lowest BCUT2D eigenvalue weighted by molar-refractivity contribution is 0.307. The SMILES string of the molecule is Cc1c(CN(C)S)cccc1C1SC2=C(CC(C)(C)CC2)C1C. The van der Waals surface area contributed by atoms with Gasteiger partial charge in [0.25, 0.3) is 0 Å². The van der Waals surface area contributed by atoms with Crippen LogP contribution in [0.1, 0.15) is 62.0 Å². The molecule has 1 aliphatic carbocycles. The van der Waals surface area contributed by atoms with Crippen molar-refractivity contribution in [2.45, 2.75) is 58.8 Å². The van der Waals surface area contributed by atoms with E-state index >= 15 is 0 Å². The maximum atomic E-state index is 4.42. The van der Waals surface area contributed by atoms with Crippen molar-refractivity contribution in [1.82, 2.24) is 4.31 Å². The van der Waals surface area contributed by atoms with Crippen molar-refractivity contribution in [2.24, 2.45) is 11.3 Å². The lowest BCUT2D eigenvalue weighted by Gasteiger charge is -2.32. The average Bonchev–Trinajstić information content (AvgIpc) is 2.77. The van der Waals surface area contributed by atoms with E-state index in [1.54, 1.807) is 10.5 Å². The van der Waals surface area contributed by atoms with E-state index in [4.69, 9.17) is 0 Å². The van der Waals surface area contributed by atoms with E-state index in [-0.39, 0.29) is 0 Å². The Hall–Kier alpha value is -0.380. The molecule has 0 aromatic heterocycles. The van der Waals surface area contributed by atoms with Gasteiger partial charge in [-0.15, -0.1) is 11.8 Å². The molecule has 1 heterocycles. The zero-order valence-electron chi connectivity index (χ0n) is 15.0. The third-order valence-electron chi connectivity index (χ3n) is 5.52. The number of nitrogens with zero attached hydrogens (tertiary/aromatic N) is 1. The fourth-order valence-electron chi connectivity index (χ4n) is 4.06. The summed E-state index contributed by atoms with van der Waals surface area (Å²) in [6, 6.07) is 6.81. The third-order valence-corrected chi connectivity index (χ3v) is 7.33. The summed E-state index contributed by atoms with van der Waals surface area (Å²) in [7, 11) is 2.02. The molecule has 3 rings (SSSR count). The molecule has 3 heteroatoms. The Balaban J connectivity index is 1.88. The highest BCUT2D eigenvalue weighted by Gasteiger charge is 2.39. The first kappa shape index (κ1) is 17.4. The van der Waals surface area contributed by atoms with Gasteiger partial charge in [0.05, 0.1) is 0 Å². The van der Waals surface area contributed by atoms with Crippen LogP contribution in [0.25, 0.3) is 0 Å². The molecule has 0 radical (unpaired) electrons. The second-order valence-corrected chi connectivity index (χ2v) is 9.98. The molecule has 2 atom stereocenters. The first-order valence-corrected chi connectivity index (χ1v) is 9.93. The minimum absolute atomic E-state index is 0.480. The highest BCUT2D eigenvalue weighted by atomic mass is 32.2. The first-order chi connectivity index (χ1) is 10.8. The minimum atomic E-state index is 0.480. The molecule has 0 fully saturated rings. The van der Waals surface area contributed by atoms with Crippen LogP contribution in [0.4, 0.5) is 0 Å². The number of allylic oxidation sites excluding steroid dienone is 2. The summed E-state index contributed by atoms with van der Waals surface area (Å²) in [4.78, 5) is 1.69. The summed E-state index contributed by atoms with van der Waals surface area (Å²) in [6.07, 6.45) is 3.90. The maximum absolute atomic E-state index is 4.42. The molecule has 23 heavy (non-hydrogen) atoms. The highest BCUT2D eigenvalue weighted by Crippen LogP contribution is 2.59. The normalized spacial score (nSPS) is 26.7. The zero-order valence-corrected chi connectivity index (χ0v) is 16.7. The molecule has 1 nitrogen and oxygen atoms in total. The number of thiol groups is 1. The summed E-state index contributed by atoms with van der Waals surface area (Å²) >= 11 is 6.57. The van der Waals surface area contributed by atoms with Crippen molar-refractivity contribution in [3.8, 4) is 0 Å². The number of thioether (sulfide) groups is 1. The summed E-state index contributed by atoms with van der Waals surface area (Å²) in [5.74, 6) is 0.664. The van der Waals surface area contributed by atoms with E-state index < -0.39 is 0 Å². The van der Waals surface area contributed by atoms with Gasteiger partial charge in [-0.2, -0.15) is 0 Å². The van der Waals surface area contributed by atoms with Gasteiger partial charge in [-0.05, 0) is 66.2 Å². The Morgan fingerprint density at radius 1 is 1.35 bits per heavy atom. The van der Waals surface area contributed by atoms with E-state index in [9.17, 15) is 0 Å². The maximum Gasteiger partial charge on any atom is 0.0407 e. The summed E-state index contributed by atoms with van der Waals surface area (Å²) in [5.41, 5.74) is 6.61. The molecule has 0 bridgehead atoms. The zero-order chi connectivity index (χ0) is 16.8. The second kappa shape index (κ2) is 6.50. The van der Waals surface area contributed by atoms with Gasteiger partial charge < -0.3 is 0 Å². The average molecular weight is 348 g/mol. The standard InChI is InChI=1S/C20H29NS2/c1-13-15(12-21(5)22)7-6-8-16(13)19-14(2)17-11-20(3,4)10-9-18(17)23-19/h6-8,14,19,22H,9-12H2,1-5H3. The van der Waals surface area contributed by atoms with E-state index in [2.05, 4.69) is 70.5 Å². The van der Waals surface area contributed by atoms with Gasteiger partial charge in [0.15, 0.2) is 0 Å². The van der Waals surface area contributed by atoms with Crippen LogP contribution in [-0.2, 0) is 6.54 Å². The highest BCUT2D eigenvalue weighted by molar-refractivity contribution is 8.03. The molecule has 1 aromatic carbocycles. The quantitative estimate of drug-likeness (QED) is 0.652. The number of hydrogen-bond acceptors (Lipinski definition) is 3. The van der Waals surface area contributed by atoms with Crippen LogP contribution in [0.3, 0.4) is 0 Å². The van der Waals surface area contributed by atoms with Crippen molar-refractivity contribution in [2.75, 3.05) is 7.05 Å². The summed E-state index contributed by atoms with van der Waals surface area (Å²) in [6.45, 7) is 10.5. The van der Waals surface area contributed by atoms with Crippen LogP contribution in [0.5, 0.6) is 0 Å². The number of benzene rings is 1. The van der Waals surface area contributed by atoms with Crippen LogP contribution >= 0.6 is 24.6 Å². The van der Waals surface area contributed by atoms with E-state index in [1.807, 2.05) is 11.4 Å². The lowest BCUT2D eigenvalue weighted by Crippen LogP contribution is -2.19. The molecule has 0 saturated heterocycles. The van der Waals surface area contributed by atoms with E-state index in [0.717, 1.165) is 6.54 Å². The molecule has 1 aromatic rings. The van der Waals surface area contributed by atoms with Gasteiger partial charge in [0.2, 0.25) is 0 Å². The van der Waals surface area contributed by atoms with Gasteiger partial charge in [-0.25, -0.2) is 0 Å². The van der Waals surface area contributed by atoms with Crippen LogP contribution in [-0.4, -0.2) is 11.4 Å². The third kappa shape index (κ3) is 3.52. The first-order valence-electron chi connectivity index (χ1n) is 8.65. The molecule has 126 valence electrons. The molecular weight excluding hydrogens is 318 g/mol. The fourth-order valence-corrected chi connectivity index (χ4v) is 5.90. The molecule has 0 saturated carbocycles. The number of rotatable bonds is 3. The Morgan fingerprint density at radius 2 is 2.09 bits per heavy atom. The molecule has 0 spiro atoms. The van der Waals surface area contributed by atoms with Crippen molar-refractivity contribution < 1.29 is 0 Å². The Morgan fingerprint density at radius 3 is 2.78 bits per heavy atom. The predicted molar refractivity (Wildman–Crippen MR) is 106 cm³/mol. The van der Waals surface area contributed by atoms with Gasteiger partial charge >= 0.3 is 0 Å². The molecular formula is C20H29NS2. The van der Waals surface area contributed by atoms with E-state index in [0.29, 0.717) is 16.6 Å². The van der Waals surface area contributed by atoms with Crippen molar-refractivity contribution >= 4 is 24.6 Å². The lowest BCUT2D eigenvalue weighted by atomic mass is 9.73. The molecule has 0 amide bonds. The molecule has 1 aliphatic heterocycles. The van der Waals surface area contributed by atoms with Crippen LogP contribution < -0.4 is 0 Å². The molecule has 2 aliphatic rings. The molecule has 0 N–H and O–H groups in total. The summed E-state index contributed by atoms with van der Waals surface area (Å²) in [5, 5.41) is 0.596. The Labute approximate surface area is 151 Å². The van der Waals surface area contributed by atoms with Crippen molar-refractivity contribution in [3.63, 3.8) is 0 Å². The smallest absolute Gasteiger partial charge is 0.0407 e. The van der Waals surface area contributed by atoms with Crippen molar-refractivity contribution in [3.05, 3.63) is 45.4 Å². The Kier molecular flexibility index (Phi) is 4.93. The largest absolute Gasteiger partial charge is 0.252 e. The second-order valence-electron chi connectivity index (χ2n) is 8.06. The summed E-state index contributed by atoms with van der Waals surface area (Å²) < 4.78 is 1.96. The van der Waals surface area contributed by atoms with Gasteiger partial charge in [0.1, 0.15) is 0 Å². The van der Waals surface area contributed by atoms with Gasteiger partial charge in [-0.1, -0.05) is 57.4 Å². The van der Waals surface area contributed by atoms with Crippen molar-refractivity contribution in [1.29, 1.82) is 0 Å². The van der Waals surface area contributed by atoms with Gasteiger partial charge in [0, 0.05) is 11.8 Å². The monoisotopic (exact) mass is 347 g/mol. The van der Waals surface area contributed by atoms with Crippen LogP contribution in [0.2, 0.25) is 0 Å². The van der Waals surface area contributed by atoms with Gasteiger partial charge in [-0.3, -0.25) is 4.31 Å². The van der Waals surface area contributed by atoms with Crippen LogP contribution in [0.15, 0.2) is 28.7 Å². The van der Waals surface area contributed by atoms with E-state index in [1.165, 1.54) is 36.0 Å². The fraction of sp³-hybridized carbons (Fsp3) is 0.600. The predicted octanol–water partition coefficient (Wildman–Crippen LogP) is 6.16. The topological polar surface area (TPSA) is 3.24 Å². The Bertz CT molecular complexity index is 631. The molecule has 2 unspecified atom stereocenters. The minimum Gasteiger partial charge on any atom is -0.252 e.